The number of anilines is 1. The number of hydrogen-bond acceptors (Lipinski definition) is 2. The molecule has 1 N–H and O–H groups in total. The fourth-order valence-corrected chi connectivity index (χ4v) is 4.25. The Balaban J connectivity index is 1.67. The Labute approximate surface area is 165 Å². The largest absolute Gasteiger partial charge is 0.317 e. The van der Waals surface area contributed by atoms with Gasteiger partial charge in [0.25, 0.3) is 5.91 Å². The van der Waals surface area contributed by atoms with E-state index in [2.05, 4.69) is 11.9 Å². The molecule has 0 radical (unpaired) electrons. The van der Waals surface area contributed by atoms with E-state index in [4.69, 9.17) is 11.6 Å². The summed E-state index contributed by atoms with van der Waals surface area (Å²) in [5.41, 5.74) is 4.09. The van der Waals surface area contributed by atoms with Crippen LogP contribution in [0.4, 0.5) is 11.4 Å². The number of hydrogen-bond donors (Lipinski definition) is 1. The number of para-hydroxylation sites is 1. The predicted octanol–water partition coefficient (Wildman–Crippen LogP) is 3.39. The molecule has 140 valence electrons. The Morgan fingerprint density at radius 2 is 2.07 bits per heavy atom. The lowest BCUT2D eigenvalue weighted by molar-refractivity contribution is -0.907. The number of nitrogens with zero attached hydrogens (tertiary/aromatic N) is 2. The van der Waals surface area contributed by atoms with Gasteiger partial charge < -0.3 is 4.90 Å². The molecular weight excluding hydrogens is 358 g/mol. The van der Waals surface area contributed by atoms with Gasteiger partial charge in [0, 0.05) is 16.5 Å². The molecule has 1 unspecified atom stereocenters. The molecule has 2 aromatic carbocycles. The average molecular weight is 383 g/mol. The van der Waals surface area contributed by atoms with Crippen LogP contribution in [0, 0.1) is 12.8 Å². The highest BCUT2D eigenvalue weighted by Gasteiger charge is 2.36. The van der Waals surface area contributed by atoms with Gasteiger partial charge in [0.1, 0.15) is 5.71 Å². The summed E-state index contributed by atoms with van der Waals surface area (Å²) in [4.78, 5) is 21.3. The van der Waals surface area contributed by atoms with Gasteiger partial charge in [-0.05, 0) is 43.5 Å². The number of nitrogens with one attached hydrogen (secondary N) is 1. The van der Waals surface area contributed by atoms with Gasteiger partial charge in [0.2, 0.25) is 0 Å². The highest BCUT2D eigenvalue weighted by Crippen LogP contribution is 2.31. The van der Waals surface area contributed by atoms with E-state index in [1.165, 1.54) is 17.7 Å². The maximum atomic E-state index is 13.2. The summed E-state index contributed by atoms with van der Waals surface area (Å²) in [5.74, 6) is 0.697. The first kappa shape index (κ1) is 18.2. The zero-order chi connectivity index (χ0) is 19.0. The van der Waals surface area contributed by atoms with E-state index >= 15 is 0 Å². The number of piperidine rings is 1. The van der Waals surface area contributed by atoms with Gasteiger partial charge in [0.15, 0.2) is 6.67 Å². The molecule has 2 aliphatic heterocycles. The molecule has 0 aromatic heterocycles. The molecule has 0 saturated carbocycles. The third kappa shape index (κ3) is 3.64. The Bertz CT molecular complexity index is 908. The lowest BCUT2D eigenvalue weighted by Crippen LogP contribution is -3.15. The number of halogens is 1. The van der Waals surface area contributed by atoms with E-state index in [-0.39, 0.29) is 5.91 Å². The number of aliphatic imine (C=N–C) groups is 1. The molecule has 2 aromatic rings. The van der Waals surface area contributed by atoms with Crippen molar-refractivity contribution < 1.29 is 9.69 Å². The molecule has 4 nitrogen and oxygen atoms in total. The Kier molecular flexibility index (Phi) is 5.02. The highest BCUT2D eigenvalue weighted by atomic mass is 35.5. The fourth-order valence-electron chi connectivity index (χ4n) is 4.07. The molecule has 2 aliphatic rings. The van der Waals surface area contributed by atoms with E-state index in [0.29, 0.717) is 29.0 Å². The number of carbonyl (C=O) groups is 1. The first-order valence-electron chi connectivity index (χ1n) is 9.62. The van der Waals surface area contributed by atoms with Crippen molar-refractivity contribution in [3.05, 3.63) is 58.6 Å². The number of rotatable bonds is 3. The average Bonchev–Trinajstić information content (AvgIpc) is 2.91. The van der Waals surface area contributed by atoms with Crippen LogP contribution in [0.15, 0.2) is 47.5 Å². The Morgan fingerprint density at radius 3 is 2.85 bits per heavy atom. The molecular formula is C22H25ClN3O+. The minimum absolute atomic E-state index is 0.0152. The van der Waals surface area contributed by atoms with Crippen LogP contribution in [0.3, 0.4) is 0 Å². The number of amides is 1. The minimum atomic E-state index is -0.0152. The van der Waals surface area contributed by atoms with Crippen LogP contribution in [0.5, 0.6) is 0 Å². The maximum Gasteiger partial charge on any atom is 0.281 e. The predicted molar refractivity (Wildman–Crippen MR) is 110 cm³/mol. The summed E-state index contributed by atoms with van der Waals surface area (Å²) >= 11 is 6.24. The second-order valence-electron chi connectivity index (χ2n) is 7.75. The van der Waals surface area contributed by atoms with Gasteiger partial charge in [-0.1, -0.05) is 42.8 Å². The van der Waals surface area contributed by atoms with Gasteiger partial charge in [-0.25, -0.2) is 4.99 Å². The maximum absolute atomic E-state index is 13.2. The number of benzene rings is 2. The number of fused-ring (bicyclic) bond motifs is 1. The van der Waals surface area contributed by atoms with Crippen LogP contribution in [-0.2, 0) is 4.79 Å². The van der Waals surface area contributed by atoms with Crippen LogP contribution in [0.2, 0.25) is 5.02 Å². The topological polar surface area (TPSA) is 37.1 Å². The first-order valence-corrected chi connectivity index (χ1v) is 10.0. The molecule has 0 spiro atoms. The van der Waals surface area contributed by atoms with Crippen molar-refractivity contribution in [2.24, 2.45) is 10.9 Å². The van der Waals surface area contributed by atoms with Gasteiger partial charge >= 0.3 is 0 Å². The van der Waals surface area contributed by atoms with E-state index in [9.17, 15) is 4.79 Å². The molecule has 27 heavy (non-hydrogen) atoms. The van der Waals surface area contributed by atoms with Crippen LogP contribution in [-0.4, -0.2) is 31.4 Å². The molecule has 1 saturated heterocycles. The van der Waals surface area contributed by atoms with E-state index in [0.717, 1.165) is 29.9 Å². The van der Waals surface area contributed by atoms with Crippen molar-refractivity contribution in [1.82, 2.24) is 0 Å². The first-order chi connectivity index (χ1) is 13.0. The zero-order valence-electron chi connectivity index (χ0n) is 15.8. The summed E-state index contributed by atoms with van der Waals surface area (Å²) in [6.45, 7) is 7.20. The molecule has 1 fully saturated rings. The molecule has 0 bridgehead atoms. The summed E-state index contributed by atoms with van der Waals surface area (Å²) in [6, 6.07) is 13.6. The second-order valence-corrected chi connectivity index (χ2v) is 8.16. The van der Waals surface area contributed by atoms with Crippen LogP contribution >= 0.6 is 11.6 Å². The number of quaternary nitrogens is 1. The minimum Gasteiger partial charge on any atom is -0.317 e. The third-order valence-electron chi connectivity index (χ3n) is 5.54. The molecule has 4 rings (SSSR count). The van der Waals surface area contributed by atoms with Crippen molar-refractivity contribution in [2.45, 2.75) is 26.7 Å². The Morgan fingerprint density at radius 1 is 1.26 bits per heavy atom. The monoisotopic (exact) mass is 382 g/mol. The van der Waals surface area contributed by atoms with Crippen molar-refractivity contribution in [1.29, 1.82) is 0 Å². The Hall–Kier alpha value is -2.17. The van der Waals surface area contributed by atoms with Gasteiger partial charge in [-0.2, -0.15) is 0 Å². The summed E-state index contributed by atoms with van der Waals surface area (Å²) in [5, 5.41) is 0.666. The van der Waals surface area contributed by atoms with E-state index in [1.54, 1.807) is 0 Å². The van der Waals surface area contributed by atoms with Crippen LogP contribution in [0.1, 0.15) is 30.9 Å². The number of carbonyl (C=O) groups excluding carboxylic acids is 1. The molecule has 1 amide bonds. The summed E-state index contributed by atoms with van der Waals surface area (Å²) in [7, 11) is 0. The van der Waals surface area contributed by atoms with Crippen molar-refractivity contribution in [2.75, 3.05) is 24.7 Å². The quantitative estimate of drug-likeness (QED) is 0.868. The summed E-state index contributed by atoms with van der Waals surface area (Å²) in [6.07, 6.45) is 2.51. The van der Waals surface area contributed by atoms with Crippen molar-refractivity contribution >= 4 is 34.6 Å². The van der Waals surface area contributed by atoms with E-state index in [1.807, 2.05) is 54.3 Å². The van der Waals surface area contributed by atoms with Crippen molar-refractivity contribution in [3.63, 3.8) is 0 Å². The van der Waals surface area contributed by atoms with Crippen LogP contribution in [0.25, 0.3) is 0 Å². The summed E-state index contributed by atoms with van der Waals surface area (Å²) < 4.78 is 0. The van der Waals surface area contributed by atoms with Gasteiger partial charge in [0.05, 0.1) is 24.5 Å². The smallest absolute Gasteiger partial charge is 0.281 e. The zero-order valence-corrected chi connectivity index (χ0v) is 16.6. The number of aryl methyl sites for hydroxylation is 1. The fraction of sp³-hybridized carbons (Fsp3) is 0.364. The number of likely N-dealkylation sites (tertiary alicyclic amines) is 1. The lowest BCUT2D eigenvalue weighted by atomic mass is 10.0. The SMILES string of the molecule is Cc1ccc(N=C2C(=O)N(C[NH+]3CCC[C@H](C)C3)c3ccccc32)cc1Cl. The van der Waals surface area contributed by atoms with Gasteiger partial charge in [-0.15, -0.1) is 0 Å². The second kappa shape index (κ2) is 7.45. The van der Waals surface area contributed by atoms with Crippen molar-refractivity contribution in [3.8, 4) is 0 Å². The molecule has 0 aliphatic carbocycles. The molecule has 5 heteroatoms. The highest BCUT2D eigenvalue weighted by molar-refractivity contribution is 6.54. The standard InChI is InChI=1S/C22H24ClN3O/c1-15-6-5-11-25(13-15)14-26-20-8-4-3-7-18(20)21(22(26)27)24-17-10-9-16(2)19(23)12-17/h3-4,7-10,12,15H,5-6,11,13-14H2,1-2H3/p+1/t15-/m0/s1. The van der Waals surface area contributed by atoms with Gasteiger partial charge in [-0.3, -0.25) is 9.69 Å². The third-order valence-corrected chi connectivity index (χ3v) is 5.95. The molecule has 2 atom stereocenters. The lowest BCUT2D eigenvalue weighted by Gasteiger charge is -2.31. The normalized spacial score (nSPS) is 23.7. The molecule has 2 heterocycles. The van der Waals surface area contributed by atoms with E-state index < -0.39 is 0 Å². The van der Waals surface area contributed by atoms with Crippen LogP contribution < -0.4 is 9.80 Å².